The summed E-state index contributed by atoms with van der Waals surface area (Å²) in [5, 5.41) is 10.1. The summed E-state index contributed by atoms with van der Waals surface area (Å²) in [6, 6.07) is 28.6. The Kier molecular flexibility index (Phi) is 9.36. The van der Waals surface area contributed by atoms with Gasteiger partial charge in [0.2, 0.25) is 0 Å². The summed E-state index contributed by atoms with van der Waals surface area (Å²) in [6.07, 6.45) is 4.61. The van der Waals surface area contributed by atoms with E-state index in [2.05, 4.69) is 41.6 Å². The molecular weight excluding hydrogens is 470 g/mol. The number of aryl methyl sites for hydroxylation is 1. The molecule has 0 saturated carbocycles. The SMILES string of the molecule is CSc1ccc(CCCC(OCCC(=O)O)c2ccc(OCc3ccc4ccccc4n3)cc2)cc1. The van der Waals surface area contributed by atoms with Crippen LogP contribution in [-0.4, -0.2) is 28.9 Å². The summed E-state index contributed by atoms with van der Waals surface area (Å²) in [5.74, 6) is -0.0967. The number of fused-ring (bicyclic) bond motifs is 1. The fraction of sp³-hybridized carbons (Fsp3) is 0.267. The molecule has 1 unspecified atom stereocenters. The topological polar surface area (TPSA) is 68.7 Å². The normalized spacial score (nSPS) is 11.9. The molecule has 0 bridgehead atoms. The number of rotatable bonds is 13. The molecule has 4 rings (SSSR count). The third kappa shape index (κ3) is 7.57. The number of thioether (sulfide) groups is 1. The van der Waals surface area contributed by atoms with Crippen molar-refractivity contribution in [1.82, 2.24) is 4.98 Å². The largest absolute Gasteiger partial charge is 0.487 e. The molecule has 3 aromatic carbocycles. The van der Waals surface area contributed by atoms with E-state index < -0.39 is 5.97 Å². The minimum absolute atomic E-state index is 0.00734. The number of para-hydroxylation sites is 1. The van der Waals surface area contributed by atoms with Crippen molar-refractivity contribution in [2.24, 2.45) is 0 Å². The third-order valence-electron chi connectivity index (χ3n) is 6.02. The number of carbonyl (C=O) groups is 1. The van der Waals surface area contributed by atoms with Crippen molar-refractivity contribution in [2.45, 2.75) is 43.3 Å². The molecule has 36 heavy (non-hydrogen) atoms. The lowest BCUT2D eigenvalue weighted by Gasteiger charge is -2.19. The lowest BCUT2D eigenvalue weighted by atomic mass is 10.0. The molecule has 0 amide bonds. The van der Waals surface area contributed by atoms with Crippen LogP contribution in [0, 0.1) is 0 Å². The van der Waals surface area contributed by atoms with Crippen molar-refractivity contribution in [3.63, 3.8) is 0 Å². The first kappa shape index (κ1) is 25.7. The molecule has 0 saturated heterocycles. The number of aromatic nitrogens is 1. The van der Waals surface area contributed by atoms with E-state index in [1.165, 1.54) is 10.5 Å². The van der Waals surface area contributed by atoms with Crippen molar-refractivity contribution in [2.75, 3.05) is 12.9 Å². The Morgan fingerprint density at radius 2 is 1.75 bits per heavy atom. The molecule has 0 fully saturated rings. The minimum Gasteiger partial charge on any atom is -0.487 e. The van der Waals surface area contributed by atoms with Gasteiger partial charge < -0.3 is 14.6 Å². The van der Waals surface area contributed by atoms with E-state index in [4.69, 9.17) is 14.6 Å². The van der Waals surface area contributed by atoms with Gasteiger partial charge in [-0.15, -0.1) is 11.8 Å². The van der Waals surface area contributed by atoms with Crippen LogP contribution >= 0.6 is 11.8 Å². The fourth-order valence-electron chi connectivity index (χ4n) is 4.04. The van der Waals surface area contributed by atoms with E-state index in [-0.39, 0.29) is 19.1 Å². The number of benzene rings is 3. The number of pyridine rings is 1. The number of ether oxygens (including phenoxy) is 2. The molecule has 0 aliphatic rings. The van der Waals surface area contributed by atoms with Crippen molar-refractivity contribution in [1.29, 1.82) is 0 Å². The van der Waals surface area contributed by atoms with E-state index in [0.29, 0.717) is 6.61 Å². The van der Waals surface area contributed by atoms with Crippen LogP contribution in [0.1, 0.15) is 42.2 Å². The summed E-state index contributed by atoms with van der Waals surface area (Å²) < 4.78 is 12.0. The molecule has 0 aliphatic heterocycles. The summed E-state index contributed by atoms with van der Waals surface area (Å²) in [5.41, 5.74) is 4.14. The Morgan fingerprint density at radius 3 is 2.50 bits per heavy atom. The van der Waals surface area contributed by atoms with Crippen molar-refractivity contribution in [3.05, 3.63) is 102 Å². The van der Waals surface area contributed by atoms with Gasteiger partial charge in [0.25, 0.3) is 0 Å². The van der Waals surface area contributed by atoms with Crippen LogP contribution in [0.15, 0.2) is 89.8 Å². The number of hydrogen-bond acceptors (Lipinski definition) is 5. The zero-order valence-electron chi connectivity index (χ0n) is 20.4. The van der Waals surface area contributed by atoms with Crippen LogP contribution in [0.5, 0.6) is 5.75 Å². The standard InChI is InChI=1S/C30H31NO4S/c1-36-27-17-9-22(10-18-27)5-4-8-29(34-20-19-30(32)33)24-12-15-26(16-13-24)35-21-25-14-11-23-6-2-3-7-28(23)31-25/h2-3,6-7,9-18,29H,4-5,8,19-21H2,1H3,(H,32,33). The maximum absolute atomic E-state index is 11.0. The number of carboxylic acids is 1. The number of nitrogens with zero attached hydrogens (tertiary/aromatic N) is 1. The highest BCUT2D eigenvalue weighted by atomic mass is 32.2. The Balaban J connectivity index is 1.35. The van der Waals surface area contributed by atoms with Crippen LogP contribution in [0.4, 0.5) is 0 Å². The van der Waals surface area contributed by atoms with Crippen LogP contribution < -0.4 is 4.74 Å². The molecule has 1 heterocycles. The average Bonchev–Trinajstić information content (AvgIpc) is 2.91. The molecule has 0 spiro atoms. The fourth-order valence-corrected chi connectivity index (χ4v) is 4.45. The summed E-state index contributed by atoms with van der Waals surface area (Å²) >= 11 is 1.74. The van der Waals surface area contributed by atoms with E-state index in [0.717, 1.165) is 47.2 Å². The predicted octanol–water partition coefficient (Wildman–Crippen LogP) is 7.09. The summed E-state index contributed by atoms with van der Waals surface area (Å²) in [4.78, 5) is 16.9. The zero-order valence-corrected chi connectivity index (χ0v) is 21.2. The van der Waals surface area contributed by atoms with Gasteiger partial charge in [-0.05, 0) is 73.0 Å². The Bertz CT molecular complexity index is 1260. The highest BCUT2D eigenvalue weighted by molar-refractivity contribution is 7.98. The molecule has 0 radical (unpaired) electrons. The zero-order chi connectivity index (χ0) is 25.2. The molecular formula is C30H31NO4S. The van der Waals surface area contributed by atoms with Gasteiger partial charge in [0.05, 0.1) is 30.3 Å². The molecule has 1 N–H and O–H groups in total. The van der Waals surface area contributed by atoms with Gasteiger partial charge in [-0.2, -0.15) is 0 Å². The number of carboxylic acid groups (broad SMARTS) is 1. The smallest absolute Gasteiger partial charge is 0.305 e. The van der Waals surface area contributed by atoms with Crippen LogP contribution in [-0.2, 0) is 22.6 Å². The van der Waals surface area contributed by atoms with Gasteiger partial charge >= 0.3 is 5.97 Å². The molecule has 186 valence electrons. The van der Waals surface area contributed by atoms with Gasteiger partial charge in [0.15, 0.2) is 0 Å². The van der Waals surface area contributed by atoms with E-state index >= 15 is 0 Å². The van der Waals surface area contributed by atoms with Gasteiger partial charge in [-0.25, -0.2) is 4.98 Å². The molecule has 1 aromatic heterocycles. The average molecular weight is 502 g/mol. The second kappa shape index (κ2) is 13.1. The van der Waals surface area contributed by atoms with E-state index in [9.17, 15) is 4.79 Å². The molecule has 1 atom stereocenters. The quantitative estimate of drug-likeness (QED) is 0.197. The lowest BCUT2D eigenvalue weighted by molar-refractivity contribution is -0.138. The van der Waals surface area contributed by atoms with E-state index in [1.807, 2.05) is 54.6 Å². The minimum atomic E-state index is -0.853. The second-order valence-electron chi connectivity index (χ2n) is 8.60. The first-order chi connectivity index (χ1) is 17.6. The summed E-state index contributed by atoms with van der Waals surface area (Å²) in [6.45, 7) is 0.576. The predicted molar refractivity (Wildman–Crippen MR) is 145 cm³/mol. The number of hydrogen-bond donors (Lipinski definition) is 1. The molecule has 4 aromatic rings. The van der Waals surface area contributed by atoms with Gasteiger partial charge in [-0.1, -0.05) is 48.5 Å². The number of aliphatic carboxylic acids is 1. The summed E-state index contributed by atoms with van der Waals surface area (Å²) in [7, 11) is 0. The lowest BCUT2D eigenvalue weighted by Crippen LogP contribution is -2.09. The van der Waals surface area contributed by atoms with Gasteiger partial charge in [0.1, 0.15) is 12.4 Å². The van der Waals surface area contributed by atoms with Crippen molar-refractivity contribution < 1.29 is 19.4 Å². The van der Waals surface area contributed by atoms with Crippen LogP contribution in [0.3, 0.4) is 0 Å². The Hall–Kier alpha value is -3.35. The van der Waals surface area contributed by atoms with Crippen LogP contribution in [0.25, 0.3) is 10.9 Å². The third-order valence-corrected chi connectivity index (χ3v) is 6.76. The first-order valence-electron chi connectivity index (χ1n) is 12.1. The Labute approximate surface area is 216 Å². The van der Waals surface area contributed by atoms with Crippen molar-refractivity contribution >= 4 is 28.6 Å². The van der Waals surface area contributed by atoms with Gasteiger partial charge in [-0.3, -0.25) is 4.79 Å². The van der Waals surface area contributed by atoms with E-state index in [1.54, 1.807) is 11.8 Å². The maximum Gasteiger partial charge on any atom is 0.305 e. The van der Waals surface area contributed by atoms with Crippen molar-refractivity contribution in [3.8, 4) is 5.75 Å². The van der Waals surface area contributed by atoms with Crippen LogP contribution in [0.2, 0.25) is 0 Å². The highest BCUT2D eigenvalue weighted by Crippen LogP contribution is 2.27. The monoisotopic (exact) mass is 501 g/mol. The second-order valence-corrected chi connectivity index (χ2v) is 9.48. The Morgan fingerprint density at radius 1 is 0.972 bits per heavy atom. The highest BCUT2D eigenvalue weighted by Gasteiger charge is 2.14. The maximum atomic E-state index is 11.0. The molecule has 5 nitrogen and oxygen atoms in total. The molecule has 6 heteroatoms. The first-order valence-corrected chi connectivity index (χ1v) is 13.4. The molecule has 0 aliphatic carbocycles. The van der Waals surface area contributed by atoms with Gasteiger partial charge in [0, 0.05) is 10.3 Å².